The first-order chi connectivity index (χ1) is 25.9. The Bertz CT molecular complexity index is 2570. The van der Waals surface area contributed by atoms with Gasteiger partial charge in [-0.05, 0) is 80.8 Å². The molecule has 53 heavy (non-hydrogen) atoms. The molecule has 2 heteroatoms. The van der Waals surface area contributed by atoms with Crippen molar-refractivity contribution in [2.75, 3.05) is 0 Å². The lowest BCUT2D eigenvalue weighted by molar-refractivity contribution is 1.19. The Morgan fingerprint density at radius 3 is 1.92 bits per heavy atom. The van der Waals surface area contributed by atoms with Crippen LogP contribution >= 0.6 is 0 Å². The zero-order valence-corrected chi connectivity index (χ0v) is 30.3. The van der Waals surface area contributed by atoms with E-state index < -0.39 is 0 Å². The minimum absolute atomic E-state index is 0.561. The van der Waals surface area contributed by atoms with E-state index in [1.807, 2.05) is 42.5 Å². The standard InChI is InChI=1S/C27H24N2.C24H18/c1-18-17-24-11-7-8-12-25(24)26(18)27(23-15-13-21(14-16-23)19(2)28)29-20(3)22-9-5-4-6-10-22;1-18(22-15-7-12-20-9-3-5-14-24(20)22)16-17-21-11-6-10-19-8-2-4-13-23(19)21/h4-16,28H,3,17H2,1-2H3;2-17H,1H2/b;17-16+. The molecule has 0 radical (unpaired) electrons. The van der Waals surface area contributed by atoms with Gasteiger partial charge in [0.15, 0.2) is 0 Å². The summed E-state index contributed by atoms with van der Waals surface area (Å²) in [5.74, 6) is 0. The van der Waals surface area contributed by atoms with Crippen LogP contribution < -0.4 is 0 Å². The second kappa shape index (κ2) is 15.7. The average molecular weight is 683 g/mol. The van der Waals surface area contributed by atoms with E-state index in [1.54, 1.807) is 6.92 Å². The number of allylic oxidation sites excluding steroid dienone is 4. The molecular formula is C51H42N2. The maximum absolute atomic E-state index is 7.88. The van der Waals surface area contributed by atoms with E-state index in [0.29, 0.717) is 5.71 Å². The summed E-state index contributed by atoms with van der Waals surface area (Å²) in [5, 5.41) is 12.9. The molecule has 8 rings (SSSR count). The van der Waals surface area contributed by atoms with Gasteiger partial charge in [0.25, 0.3) is 0 Å². The van der Waals surface area contributed by atoms with E-state index >= 15 is 0 Å². The van der Waals surface area contributed by atoms with Gasteiger partial charge in [0, 0.05) is 16.8 Å². The van der Waals surface area contributed by atoms with Crippen LogP contribution in [0.25, 0.3) is 44.5 Å². The Morgan fingerprint density at radius 1 is 0.604 bits per heavy atom. The summed E-state index contributed by atoms with van der Waals surface area (Å²) >= 11 is 0. The third-order valence-corrected chi connectivity index (χ3v) is 9.77. The van der Waals surface area contributed by atoms with Crippen molar-refractivity contribution in [1.82, 2.24) is 0 Å². The van der Waals surface area contributed by atoms with Gasteiger partial charge in [-0.3, -0.25) is 0 Å². The Labute approximate surface area is 313 Å². The summed E-state index contributed by atoms with van der Waals surface area (Å²) < 4.78 is 0. The van der Waals surface area contributed by atoms with Gasteiger partial charge >= 0.3 is 0 Å². The quantitative estimate of drug-likeness (QED) is 0.122. The number of hydrogen-bond acceptors (Lipinski definition) is 2. The zero-order valence-electron chi connectivity index (χ0n) is 30.3. The normalized spacial score (nSPS) is 12.5. The molecule has 0 aliphatic heterocycles. The fourth-order valence-corrected chi connectivity index (χ4v) is 7.01. The lowest BCUT2D eigenvalue weighted by Crippen LogP contribution is -2.06. The molecule has 0 atom stereocenters. The van der Waals surface area contributed by atoms with Gasteiger partial charge in [0.05, 0.1) is 11.4 Å². The molecule has 2 nitrogen and oxygen atoms in total. The van der Waals surface area contributed by atoms with Crippen LogP contribution in [-0.2, 0) is 6.42 Å². The van der Waals surface area contributed by atoms with Gasteiger partial charge in [-0.1, -0.05) is 195 Å². The lowest BCUT2D eigenvalue weighted by Gasteiger charge is -2.14. The van der Waals surface area contributed by atoms with E-state index in [1.165, 1.54) is 54.9 Å². The van der Waals surface area contributed by atoms with Crippen LogP contribution in [0.4, 0.5) is 0 Å². The van der Waals surface area contributed by atoms with Crippen molar-refractivity contribution in [2.24, 2.45) is 4.99 Å². The van der Waals surface area contributed by atoms with E-state index in [9.17, 15) is 0 Å². The van der Waals surface area contributed by atoms with Crippen LogP contribution in [0.1, 0.15) is 52.8 Å². The predicted molar refractivity (Wildman–Crippen MR) is 230 cm³/mol. The number of hydrogen-bond donors (Lipinski definition) is 1. The van der Waals surface area contributed by atoms with Crippen LogP contribution in [0.15, 0.2) is 194 Å². The minimum Gasteiger partial charge on any atom is -0.305 e. The Hall–Kier alpha value is -6.64. The number of benzene rings is 7. The molecule has 256 valence electrons. The molecule has 0 amide bonds. The van der Waals surface area contributed by atoms with Crippen molar-refractivity contribution < 1.29 is 0 Å². The molecular weight excluding hydrogens is 641 g/mol. The second-order valence-corrected chi connectivity index (χ2v) is 13.4. The Kier molecular flexibility index (Phi) is 10.3. The molecule has 1 N–H and O–H groups in total. The van der Waals surface area contributed by atoms with Crippen molar-refractivity contribution in [3.8, 4) is 0 Å². The lowest BCUT2D eigenvalue weighted by atomic mass is 9.94. The zero-order chi connectivity index (χ0) is 36.7. The maximum Gasteiger partial charge on any atom is 0.0787 e. The predicted octanol–water partition coefficient (Wildman–Crippen LogP) is 13.3. The summed E-state index contributed by atoms with van der Waals surface area (Å²) in [6.07, 6.45) is 5.22. The molecule has 0 spiro atoms. The van der Waals surface area contributed by atoms with Crippen LogP contribution in [0.2, 0.25) is 0 Å². The monoisotopic (exact) mass is 682 g/mol. The molecule has 0 fully saturated rings. The molecule has 7 aromatic rings. The molecule has 1 aliphatic rings. The van der Waals surface area contributed by atoms with Gasteiger partial charge < -0.3 is 5.41 Å². The summed E-state index contributed by atoms with van der Waals surface area (Å²) in [4.78, 5) is 5.03. The Morgan fingerprint density at radius 2 is 1.19 bits per heavy atom. The van der Waals surface area contributed by atoms with Gasteiger partial charge in [0.1, 0.15) is 0 Å². The molecule has 0 heterocycles. The van der Waals surface area contributed by atoms with Crippen molar-refractivity contribution >= 4 is 55.9 Å². The summed E-state index contributed by atoms with van der Waals surface area (Å²) in [6, 6.07) is 56.4. The number of nitrogens with one attached hydrogen (secondary N) is 1. The summed E-state index contributed by atoms with van der Waals surface area (Å²) in [6.45, 7) is 12.5. The van der Waals surface area contributed by atoms with E-state index in [0.717, 1.165) is 40.1 Å². The van der Waals surface area contributed by atoms with Crippen molar-refractivity contribution in [3.63, 3.8) is 0 Å². The van der Waals surface area contributed by atoms with Crippen LogP contribution in [0.3, 0.4) is 0 Å². The molecule has 0 saturated heterocycles. The second-order valence-electron chi connectivity index (χ2n) is 13.4. The SMILES string of the molecule is C=C(/C=C/c1cccc2ccccc12)c1cccc2ccccc12.C=C(N=C(C1=C(C)Cc2ccccc21)c1ccc(C(C)=N)cc1)c1ccccc1. The molecule has 7 aromatic carbocycles. The van der Waals surface area contributed by atoms with E-state index in [-0.39, 0.29) is 0 Å². The highest BCUT2D eigenvalue weighted by molar-refractivity contribution is 6.34. The van der Waals surface area contributed by atoms with Gasteiger partial charge in [-0.25, -0.2) is 4.99 Å². The fourth-order valence-electron chi connectivity index (χ4n) is 7.01. The van der Waals surface area contributed by atoms with Gasteiger partial charge in [0.2, 0.25) is 0 Å². The molecule has 0 unspecified atom stereocenters. The van der Waals surface area contributed by atoms with E-state index in [4.69, 9.17) is 10.4 Å². The minimum atomic E-state index is 0.561. The highest BCUT2D eigenvalue weighted by Gasteiger charge is 2.24. The smallest absolute Gasteiger partial charge is 0.0787 e. The molecule has 0 aromatic heterocycles. The van der Waals surface area contributed by atoms with E-state index in [2.05, 4.69) is 154 Å². The van der Waals surface area contributed by atoms with Crippen LogP contribution in [0.5, 0.6) is 0 Å². The molecule has 0 saturated carbocycles. The van der Waals surface area contributed by atoms with Crippen LogP contribution in [0, 0.1) is 5.41 Å². The highest BCUT2D eigenvalue weighted by atomic mass is 14.8. The maximum atomic E-state index is 7.88. The number of aliphatic imine (C=N–C) groups is 1. The van der Waals surface area contributed by atoms with Crippen molar-refractivity contribution in [1.29, 1.82) is 5.41 Å². The fraction of sp³-hybridized carbons (Fsp3) is 0.0588. The summed E-state index contributed by atoms with van der Waals surface area (Å²) in [7, 11) is 0. The summed E-state index contributed by atoms with van der Waals surface area (Å²) in [5.41, 5.74) is 13.8. The van der Waals surface area contributed by atoms with Crippen LogP contribution in [-0.4, -0.2) is 11.4 Å². The largest absolute Gasteiger partial charge is 0.305 e. The third-order valence-electron chi connectivity index (χ3n) is 9.77. The van der Waals surface area contributed by atoms with Gasteiger partial charge in [-0.2, -0.15) is 0 Å². The first-order valence-corrected chi connectivity index (χ1v) is 18.0. The first-order valence-electron chi connectivity index (χ1n) is 18.0. The molecule has 1 aliphatic carbocycles. The Balaban J connectivity index is 0.000000167. The highest BCUT2D eigenvalue weighted by Crippen LogP contribution is 2.36. The van der Waals surface area contributed by atoms with Crippen molar-refractivity contribution in [2.45, 2.75) is 20.3 Å². The van der Waals surface area contributed by atoms with Crippen molar-refractivity contribution in [3.05, 3.63) is 228 Å². The third kappa shape index (κ3) is 7.68. The average Bonchev–Trinajstić information content (AvgIpc) is 3.54. The number of fused-ring (bicyclic) bond motifs is 3. The molecule has 0 bridgehead atoms. The number of rotatable bonds is 8. The topological polar surface area (TPSA) is 36.2 Å². The van der Waals surface area contributed by atoms with Gasteiger partial charge in [-0.15, -0.1) is 0 Å². The number of nitrogens with zero attached hydrogens (tertiary/aromatic N) is 1. The first kappa shape index (κ1) is 34.8.